The lowest BCUT2D eigenvalue weighted by molar-refractivity contribution is -0.132. The molecule has 1 N–H and O–H groups in total. The summed E-state index contributed by atoms with van der Waals surface area (Å²) in [6, 6.07) is 8.17. The molecule has 2 aromatic heterocycles. The Bertz CT molecular complexity index is 1070. The molecule has 0 radical (unpaired) electrons. The van der Waals surface area contributed by atoms with Crippen LogP contribution < -0.4 is 5.56 Å². The molecule has 29 heavy (non-hydrogen) atoms. The molecule has 0 unspecified atom stereocenters. The van der Waals surface area contributed by atoms with Gasteiger partial charge in [0, 0.05) is 25.4 Å². The Balaban J connectivity index is 1.63. The predicted octanol–water partition coefficient (Wildman–Crippen LogP) is 2.38. The number of piperidine rings is 1. The zero-order valence-electron chi connectivity index (χ0n) is 16.9. The first-order valence-electron chi connectivity index (χ1n) is 10.2. The first-order chi connectivity index (χ1) is 14.0. The van der Waals surface area contributed by atoms with Crippen molar-refractivity contribution in [1.82, 2.24) is 29.9 Å². The van der Waals surface area contributed by atoms with E-state index < -0.39 is 0 Å². The van der Waals surface area contributed by atoms with E-state index >= 15 is 0 Å². The van der Waals surface area contributed by atoms with E-state index in [0.29, 0.717) is 31.0 Å². The van der Waals surface area contributed by atoms with Gasteiger partial charge in [-0.25, -0.2) is 9.67 Å². The van der Waals surface area contributed by atoms with Gasteiger partial charge in [-0.2, -0.15) is 0 Å². The molecule has 8 heteroatoms. The molecule has 4 rings (SSSR count). The second-order valence-electron chi connectivity index (χ2n) is 7.78. The summed E-state index contributed by atoms with van der Waals surface area (Å²) < 4.78 is 1.67. The molecule has 0 bridgehead atoms. The summed E-state index contributed by atoms with van der Waals surface area (Å²) in [5, 5.41) is 8.18. The zero-order valence-corrected chi connectivity index (χ0v) is 16.9. The molecule has 3 heterocycles. The first kappa shape index (κ1) is 19.3. The van der Waals surface area contributed by atoms with Crippen LogP contribution in [0.15, 0.2) is 29.1 Å². The number of rotatable bonds is 5. The van der Waals surface area contributed by atoms with E-state index in [9.17, 15) is 9.59 Å². The Morgan fingerprint density at radius 1 is 1.28 bits per heavy atom. The number of amides is 1. The van der Waals surface area contributed by atoms with E-state index in [1.807, 2.05) is 43.0 Å². The van der Waals surface area contributed by atoms with Crippen LogP contribution in [0, 0.1) is 6.92 Å². The van der Waals surface area contributed by atoms with Gasteiger partial charge in [-0.15, -0.1) is 5.10 Å². The molecule has 1 aliphatic rings. The second kappa shape index (κ2) is 8.14. The summed E-state index contributed by atoms with van der Waals surface area (Å²) in [7, 11) is 0. The number of carbonyl (C=O) groups excluding carboxylic acids is 1. The van der Waals surface area contributed by atoms with Crippen LogP contribution in [0.3, 0.4) is 0 Å². The Morgan fingerprint density at radius 2 is 2.07 bits per heavy atom. The third-order valence-corrected chi connectivity index (χ3v) is 5.47. The highest BCUT2D eigenvalue weighted by Gasteiger charge is 2.27. The van der Waals surface area contributed by atoms with E-state index in [2.05, 4.69) is 15.3 Å². The van der Waals surface area contributed by atoms with Crippen LogP contribution in [0.4, 0.5) is 0 Å². The number of aromatic nitrogens is 5. The number of H-pyrrole nitrogens is 1. The lowest BCUT2D eigenvalue weighted by Gasteiger charge is -2.32. The third-order valence-electron chi connectivity index (χ3n) is 5.47. The van der Waals surface area contributed by atoms with Gasteiger partial charge in [0.1, 0.15) is 5.82 Å². The normalized spacial score (nSPS) is 17.0. The van der Waals surface area contributed by atoms with E-state index in [1.165, 1.54) is 5.56 Å². The molecule has 1 saturated heterocycles. The van der Waals surface area contributed by atoms with E-state index in [0.717, 1.165) is 31.4 Å². The van der Waals surface area contributed by atoms with Crippen LogP contribution in [0.1, 0.15) is 55.5 Å². The van der Waals surface area contributed by atoms with Crippen LogP contribution in [-0.2, 0) is 11.3 Å². The fourth-order valence-electron chi connectivity index (χ4n) is 3.85. The molecule has 0 saturated carbocycles. The summed E-state index contributed by atoms with van der Waals surface area (Å²) in [5.74, 6) is 0.806. The standard InChI is InChI=1S/C21H26N6O2/c1-3-5-17(28)26-11-4-6-16(13-26)19-22-20-18(21(29)23-19)24-25-27(20)12-15-9-7-14(2)8-10-15/h7-10,16H,3-6,11-13H2,1-2H3,(H,22,23,29)/t16-/m1/s1. The van der Waals surface area contributed by atoms with Crippen molar-refractivity contribution < 1.29 is 4.79 Å². The summed E-state index contributed by atoms with van der Waals surface area (Å²) in [5.41, 5.74) is 2.71. The third kappa shape index (κ3) is 4.06. The minimum Gasteiger partial charge on any atom is -0.342 e. The zero-order chi connectivity index (χ0) is 20.4. The lowest BCUT2D eigenvalue weighted by Crippen LogP contribution is -2.39. The SMILES string of the molecule is CCCC(=O)N1CCC[C@@H](c2nc3c(nnn3Cc3ccc(C)cc3)c(=O)[nH]2)C1. The summed E-state index contributed by atoms with van der Waals surface area (Å²) in [6.45, 7) is 5.91. The Kier molecular flexibility index (Phi) is 5.42. The molecular formula is C21H26N6O2. The minimum atomic E-state index is -0.280. The number of fused-ring (bicyclic) bond motifs is 1. The number of aryl methyl sites for hydroxylation is 1. The highest BCUT2D eigenvalue weighted by Crippen LogP contribution is 2.25. The molecule has 0 spiro atoms. The quantitative estimate of drug-likeness (QED) is 0.717. The largest absolute Gasteiger partial charge is 0.342 e. The maximum absolute atomic E-state index is 12.6. The van der Waals surface area contributed by atoms with Crippen LogP contribution in [-0.4, -0.2) is 48.9 Å². The molecule has 1 atom stereocenters. The minimum absolute atomic E-state index is 0.0179. The van der Waals surface area contributed by atoms with Gasteiger partial charge in [-0.1, -0.05) is 42.0 Å². The lowest BCUT2D eigenvalue weighted by atomic mass is 9.96. The summed E-state index contributed by atoms with van der Waals surface area (Å²) >= 11 is 0. The molecule has 0 aliphatic carbocycles. The molecular weight excluding hydrogens is 368 g/mol. The van der Waals surface area contributed by atoms with Gasteiger partial charge in [-0.3, -0.25) is 9.59 Å². The second-order valence-corrected chi connectivity index (χ2v) is 7.78. The Hall–Kier alpha value is -3.03. The van der Waals surface area contributed by atoms with E-state index in [1.54, 1.807) is 4.68 Å². The van der Waals surface area contributed by atoms with Gasteiger partial charge < -0.3 is 9.88 Å². The summed E-state index contributed by atoms with van der Waals surface area (Å²) in [4.78, 5) is 34.4. The molecule has 152 valence electrons. The monoisotopic (exact) mass is 394 g/mol. The first-order valence-corrected chi connectivity index (χ1v) is 10.2. The van der Waals surface area contributed by atoms with Gasteiger partial charge in [0.25, 0.3) is 5.56 Å². The number of hydrogen-bond acceptors (Lipinski definition) is 5. The molecule has 8 nitrogen and oxygen atoms in total. The number of likely N-dealkylation sites (tertiary alicyclic amines) is 1. The van der Waals surface area contributed by atoms with Crippen LogP contribution in [0.2, 0.25) is 0 Å². The molecule has 1 amide bonds. The smallest absolute Gasteiger partial charge is 0.281 e. The Labute approximate surface area is 168 Å². The highest BCUT2D eigenvalue weighted by molar-refractivity contribution is 5.76. The van der Waals surface area contributed by atoms with Crippen molar-refractivity contribution >= 4 is 17.1 Å². The van der Waals surface area contributed by atoms with Gasteiger partial charge in [-0.05, 0) is 31.7 Å². The van der Waals surface area contributed by atoms with E-state index in [-0.39, 0.29) is 22.9 Å². The fourth-order valence-corrected chi connectivity index (χ4v) is 3.85. The van der Waals surface area contributed by atoms with Crippen LogP contribution >= 0.6 is 0 Å². The van der Waals surface area contributed by atoms with Gasteiger partial charge in [0.15, 0.2) is 11.2 Å². The average molecular weight is 394 g/mol. The Morgan fingerprint density at radius 3 is 2.83 bits per heavy atom. The van der Waals surface area contributed by atoms with E-state index in [4.69, 9.17) is 4.98 Å². The van der Waals surface area contributed by atoms with Crippen molar-refractivity contribution in [2.45, 2.75) is 52.0 Å². The van der Waals surface area contributed by atoms with Crippen LogP contribution in [0.25, 0.3) is 11.2 Å². The van der Waals surface area contributed by atoms with Crippen molar-refractivity contribution in [1.29, 1.82) is 0 Å². The number of carbonyl (C=O) groups is 1. The molecule has 1 fully saturated rings. The van der Waals surface area contributed by atoms with Crippen molar-refractivity contribution in [2.24, 2.45) is 0 Å². The van der Waals surface area contributed by atoms with Crippen molar-refractivity contribution in [2.75, 3.05) is 13.1 Å². The summed E-state index contributed by atoms with van der Waals surface area (Å²) in [6.07, 6.45) is 3.19. The molecule has 1 aliphatic heterocycles. The number of aromatic amines is 1. The maximum atomic E-state index is 12.6. The number of nitrogens with zero attached hydrogens (tertiary/aromatic N) is 5. The number of nitrogens with one attached hydrogen (secondary N) is 1. The molecule has 3 aromatic rings. The van der Waals surface area contributed by atoms with Crippen molar-refractivity contribution in [3.8, 4) is 0 Å². The van der Waals surface area contributed by atoms with Crippen molar-refractivity contribution in [3.63, 3.8) is 0 Å². The average Bonchev–Trinajstić information content (AvgIpc) is 3.13. The number of hydrogen-bond donors (Lipinski definition) is 1. The van der Waals surface area contributed by atoms with Crippen molar-refractivity contribution in [3.05, 3.63) is 51.6 Å². The fraction of sp³-hybridized carbons (Fsp3) is 0.476. The molecule has 1 aromatic carbocycles. The number of benzene rings is 1. The highest BCUT2D eigenvalue weighted by atomic mass is 16.2. The predicted molar refractivity (Wildman–Crippen MR) is 110 cm³/mol. The van der Waals surface area contributed by atoms with Crippen LogP contribution in [0.5, 0.6) is 0 Å². The van der Waals surface area contributed by atoms with Gasteiger partial charge in [0.05, 0.1) is 6.54 Å². The topological polar surface area (TPSA) is 96.8 Å². The maximum Gasteiger partial charge on any atom is 0.281 e. The van der Waals surface area contributed by atoms with Gasteiger partial charge in [0.2, 0.25) is 5.91 Å². The van der Waals surface area contributed by atoms with Gasteiger partial charge >= 0.3 is 0 Å².